The second-order valence-corrected chi connectivity index (χ2v) is 9.00. The van der Waals surface area contributed by atoms with Gasteiger partial charge in [-0.05, 0) is 49.3 Å². The minimum atomic E-state index is -3.77. The van der Waals surface area contributed by atoms with Crippen molar-refractivity contribution in [1.29, 1.82) is 5.26 Å². The summed E-state index contributed by atoms with van der Waals surface area (Å²) in [5.41, 5.74) is 1.74. The molecule has 1 aliphatic heterocycles. The van der Waals surface area contributed by atoms with Crippen LogP contribution in [0, 0.1) is 31.8 Å². The Balaban J connectivity index is 2.31. The quantitative estimate of drug-likeness (QED) is 0.553. The number of hydrogen-bond donors (Lipinski definition) is 0. The number of benzene rings is 1. The van der Waals surface area contributed by atoms with E-state index in [1.807, 2.05) is 38.1 Å². The van der Waals surface area contributed by atoms with Gasteiger partial charge >= 0.3 is 0 Å². The summed E-state index contributed by atoms with van der Waals surface area (Å²) in [6.07, 6.45) is 2.84. The van der Waals surface area contributed by atoms with Gasteiger partial charge in [0.15, 0.2) is 0 Å². The van der Waals surface area contributed by atoms with Crippen molar-refractivity contribution in [2.24, 2.45) is 0 Å². The minimum Gasteiger partial charge on any atom is -0.226 e. The van der Waals surface area contributed by atoms with E-state index in [1.54, 1.807) is 18.2 Å². The third-order valence-corrected chi connectivity index (χ3v) is 6.98. The van der Waals surface area contributed by atoms with Crippen LogP contribution in [0.5, 0.6) is 0 Å². The smallest absolute Gasteiger partial charge is 0.226 e. The molecule has 0 unspecified atom stereocenters. The van der Waals surface area contributed by atoms with Crippen LogP contribution in [0.1, 0.15) is 20.9 Å². The lowest BCUT2D eigenvalue weighted by Crippen LogP contribution is -2.10. The maximum Gasteiger partial charge on any atom is 0.269 e. The summed E-state index contributed by atoms with van der Waals surface area (Å²) in [4.78, 5) is 5.05. The molecule has 6 heteroatoms. The molecular weight excluding hydrogens is 364 g/mol. The molecule has 2 heterocycles. The number of nitrogens with zero attached hydrogens (tertiary/aromatic N) is 2. The Hall–Kier alpha value is -2.93. The first-order chi connectivity index (χ1) is 12.4. The van der Waals surface area contributed by atoms with Crippen LogP contribution < -0.4 is 0 Å². The van der Waals surface area contributed by atoms with E-state index >= 15 is 0 Å². The molecular formula is C20H14N2O2S2. The maximum atomic E-state index is 13.2. The molecule has 1 aromatic carbocycles. The van der Waals surface area contributed by atoms with Gasteiger partial charge in [0, 0.05) is 9.75 Å². The average molecular weight is 378 g/mol. The first kappa shape index (κ1) is 17.9. The number of thiophene rings is 1. The fourth-order valence-corrected chi connectivity index (χ4v) is 5.43. The van der Waals surface area contributed by atoms with Gasteiger partial charge in [0.2, 0.25) is 9.84 Å². The van der Waals surface area contributed by atoms with Crippen molar-refractivity contribution in [1.82, 2.24) is 0 Å². The van der Waals surface area contributed by atoms with Crippen LogP contribution >= 0.6 is 11.3 Å². The Morgan fingerprint density at radius 3 is 2.27 bits per heavy atom. The molecule has 0 N–H and O–H groups in total. The van der Waals surface area contributed by atoms with Gasteiger partial charge in [0.05, 0.1) is 22.5 Å². The fourth-order valence-electron chi connectivity index (χ4n) is 2.62. The van der Waals surface area contributed by atoms with Crippen LogP contribution in [0.15, 0.2) is 59.8 Å². The average Bonchev–Trinajstić information content (AvgIpc) is 3.03. The zero-order valence-electron chi connectivity index (χ0n) is 14.1. The number of allylic oxidation sites excluding steroid dienone is 4. The van der Waals surface area contributed by atoms with E-state index in [1.165, 1.54) is 23.5 Å². The van der Waals surface area contributed by atoms with Crippen LogP contribution in [0.3, 0.4) is 0 Å². The molecule has 3 rings (SSSR count). The molecule has 0 saturated carbocycles. The zero-order valence-corrected chi connectivity index (χ0v) is 15.8. The number of hydrogen-bond acceptors (Lipinski definition) is 4. The van der Waals surface area contributed by atoms with Gasteiger partial charge in [-0.1, -0.05) is 29.8 Å². The second-order valence-electron chi connectivity index (χ2n) is 5.82. The Labute approximate surface area is 156 Å². The highest BCUT2D eigenvalue weighted by Gasteiger charge is 2.31. The molecule has 0 atom stereocenters. The van der Waals surface area contributed by atoms with E-state index in [0.717, 1.165) is 10.4 Å². The topological polar surface area (TPSA) is 62.3 Å². The summed E-state index contributed by atoms with van der Waals surface area (Å²) in [6, 6.07) is 12.6. The van der Waals surface area contributed by atoms with Gasteiger partial charge < -0.3 is 0 Å². The Bertz CT molecular complexity index is 1150. The van der Waals surface area contributed by atoms with Gasteiger partial charge in [-0.2, -0.15) is 0 Å². The van der Waals surface area contributed by atoms with Crippen LogP contribution in [-0.4, -0.2) is 8.42 Å². The first-order valence-electron chi connectivity index (χ1n) is 7.71. The minimum absolute atomic E-state index is 0.104. The third kappa shape index (κ3) is 3.13. The normalized spacial score (nSPS) is 17.5. The summed E-state index contributed by atoms with van der Waals surface area (Å²) in [5, 5.41) is 9.24. The predicted octanol–water partition coefficient (Wildman–Crippen LogP) is 4.87. The highest BCUT2D eigenvalue weighted by molar-refractivity contribution is 8.09. The third-order valence-electron chi connectivity index (χ3n) is 3.96. The van der Waals surface area contributed by atoms with Crippen molar-refractivity contribution in [2.45, 2.75) is 13.8 Å². The van der Waals surface area contributed by atoms with Gasteiger partial charge in [0.1, 0.15) is 0 Å². The predicted molar refractivity (Wildman–Crippen MR) is 104 cm³/mol. The van der Waals surface area contributed by atoms with Crippen molar-refractivity contribution in [2.75, 3.05) is 0 Å². The molecule has 26 heavy (non-hydrogen) atoms. The van der Waals surface area contributed by atoms with Gasteiger partial charge in [-0.3, -0.25) is 0 Å². The standard InChI is InChI=1S/C20H14N2O2S2/c1-13-4-7-15(8-5-13)19-10-16(17(12-21)22-3)11-20(26(19,23)24)18-9-6-14(2)25-18/h4-11H,1-2H3. The molecule has 0 bridgehead atoms. The SMILES string of the molecule is [C-]#[N+]C(C#N)=C1C=C(c2ccc(C)cc2)S(=O)(=O)C(c2ccc(C)s2)=C1. The summed E-state index contributed by atoms with van der Waals surface area (Å²) in [5.74, 6) is 0. The number of rotatable bonds is 2. The van der Waals surface area contributed by atoms with E-state index < -0.39 is 9.84 Å². The molecule has 1 aliphatic rings. The Morgan fingerprint density at radius 2 is 1.73 bits per heavy atom. The van der Waals surface area contributed by atoms with E-state index in [-0.39, 0.29) is 15.5 Å². The lowest BCUT2D eigenvalue weighted by molar-refractivity contribution is 0.614. The molecule has 1 aromatic heterocycles. The van der Waals surface area contributed by atoms with Crippen molar-refractivity contribution in [3.05, 3.63) is 92.1 Å². The lowest BCUT2D eigenvalue weighted by Gasteiger charge is -2.18. The number of sulfone groups is 1. The molecule has 128 valence electrons. The number of nitriles is 1. The maximum absolute atomic E-state index is 13.2. The molecule has 0 amide bonds. The highest BCUT2D eigenvalue weighted by atomic mass is 32.2. The molecule has 0 saturated heterocycles. The summed E-state index contributed by atoms with van der Waals surface area (Å²) < 4.78 is 26.5. The van der Waals surface area contributed by atoms with Crippen molar-refractivity contribution < 1.29 is 8.42 Å². The van der Waals surface area contributed by atoms with Crippen LogP contribution in [0.25, 0.3) is 14.7 Å². The number of aryl methyl sites for hydroxylation is 2. The lowest BCUT2D eigenvalue weighted by atomic mass is 10.1. The molecule has 4 nitrogen and oxygen atoms in total. The Kier molecular flexibility index (Phi) is 4.65. The first-order valence-corrected chi connectivity index (χ1v) is 10.0. The van der Waals surface area contributed by atoms with Crippen LogP contribution in [0.4, 0.5) is 0 Å². The van der Waals surface area contributed by atoms with Crippen LogP contribution in [-0.2, 0) is 9.84 Å². The van der Waals surface area contributed by atoms with E-state index in [4.69, 9.17) is 6.57 Å². The van der Waals surface area contributed by atoms with E-state index in [2.05, 4.69) is 4.85 Å². The fraction of sp³-hybridized carbons (Fsp3) is 0.100. The second kappa shape index (κ2) is 6.76. The zero-order chi connectivity index (χ0) is 18.9. The summed E-state index contributed by atoms with van der Waals surface area (Å²) in [6.45, 7) is 11.0. The van der Waals surface area contributed by atoms with Gasteiger partial charge in [-0.15, -0.1) is 11.3 Å². The summed E-state index contributed by atoms with van der Waals surface area (Å²) >= 11 is 1.37. The van der Waals surface area contributed by atoms with Crippen molar-refractivity contribution >= 4 is 31.0 Å². The van der Waals surface area contributed by atoms with Gasteiger partial charge in [0.25, 0.3) is 5.70 Å². The summed E-state index contributed by atoms with van der Waals surface area (Å²) in [7, 11) is -3.77. The Morgan fingerprint density at radius 1 is 1.08 bits per heavy atom. The van der Waals surface area contributed by atoms with Crippen molar-refractivity contribution in [3.8, 4) is 6.07 Å². The monoisotopic (exact) mass is 378 g/mol. The largest absolute Gasteiger partial charge is 0.269 e. The van der Waals surface area contributed by atoms with Gasteiger partial charge in [-0.25, -0.2) is 18.5 Å². The van der Waals surface area contributed by atoms with E-state index in [0.29, 0.717) is 16.0 Å². The molecule has 0 fully saturated rings. The molecule has 0 aliphatic carbocycles. The van der Waals surface area contributed by atoms with Crippen LogP contribution in [0.2, 0.25) is 0 Å². The van der Waals surface area contributed by atoms with E-state index in [9.17, 15) is 13.7 Å². The molecule has 0 radical (unpaired) electrons. The highest BCUT2D eigenvalue weighted by Crippen LogP contribution is 2.41. The van der Waals surface area contributed by atoms with Crippen molar-refractivity contribution in [3.63, 3.8) is 0 Å². The molecule has 0 spiro atoms. The molecule has 2 aromatic rings.